The van der Waals surface area contributed by atoms with Gasteiger partial charge in [-0.05, 0) is 18.1 Å². The summed E-state index contributed by atoms with van der Waals surface area (Å²) in [5, 5.41) is 12.3. The van der Waals surface area contributed by atoms with Gasteiger partial charge in [0.15, 0.2) is 0 Å². The van der Waals surface area contributed by atoms with Gasteiger partial charge in [-0.3, -0.25) is 9.59 Å². The van der Waals surface area contributed by atoms with Gasteiger partial charge in [0.25, 0.3) is 0 Å². The van der Waals surface area contributed by atoms with Crippen LogP contribution in [-0.4, -0.2) is 33.5 Å². The molecule has 1 saturated heterocycles. The zero-order valence-corrected chi connectivity index (χ0v) is 14.5. The Kier molecular flexibility index (Phi) is 4.94. The highest BCUT2D eigenvalue weighted by Crippen LogP contribution is 2.24. The molecule has 3 heterocycles. The van der Waals surface area contributed by atoms with E-state index in [-0.39, 0.29) is 24.2 Å². The Morgan fingerprint density at radius 2 is 2.33 bits per heavy atom. The zero-order valence-electron chi connectivity index (χ0n) is 13.7. The van der Waals surface area contributed by atoms with Crippen LogP contribution in [0.5, 0.6) is 0 Å². The van der Waals surface area contributed by atoms with E-state index in [1.165, 1.54) is 11.3 Å². The van der Waals surface area contributed by atoms with Crippen LogP contribution < -0.4 is 5.32 Å². The number of furan rings is 1. The van der Waals surface area contributed by atoms with Crippen molar-refractivity contribution in [3.63, 3.8) is 0 Å². The maximum Gasteiger partial charge on any atom is 0.231 e. The summed E-state index contributed by atoms with van der Waals surface area (Å²) in [5.74, 6) is 0.614. The van der Waals surface area contributed by atoms with E-state index < -0.39 is 0 Å². The summed E-state index contributed by atoms with van der Waals surface area (Å²) < 4.78 is 5.26. The number of hydrogen-bond acceptors (Lipinski definition) is 6. The summed E-state index contributed by atoms with van der Waals surface area (Å²) in [7, 11) is 0. The molecular weight excluding hydrogens is 328 g/mol. The minimum absolute atomic E-state index is 0.0377. The number of aromatic nitrogens is 2. The quantitative estimate of drug-likeness (QED) is 0.865. The van der Waals surface area contributed by atoms with Crippen LogP contribution in [0.4, 0.5) is 5.13 Å². The molecule has 2 aromatic heterocycles. The van der Waals surface area contributed by atoms with Gasteiger partial charge in [-0.2, -0.15) is 0 Å². The average molecular weight is 348 g/mol. The second-order valence-corrected chi connectivity index (χ2v) is 7.40. The molecule has 3 rings (SSSR count). The zero-order chi connectivity index (χ0) is 17.1. The first-order valence-corrected chi connectivity index (χ1v) is 8.76. The molecule has 0 saturated carbocycles. The monoisotopic (exact) mass is 348 g/mol. The van der Waals surface area contributed by atoms with E-state index >= 15 is 0 Å². The number of nitrogens with one attached hydrogen (secondary N) is 1. The van der Waals surface area contributed by atoms with Crippen LogP contribution in [0.1, 0.15) is 31.0 Å². The van der Waals surface area contributed by atoms with Crippen molar-refractivity contribution in [3.05, 3.63) is 29.2 Å². The largest absolute Gasteiger partial charge is 0.467 e. The van der Waals surface area contributed by atoms with E-state index in [0.29, 0.717) is 29.9 Å². The fourth-order valence-corrected chi connectivity index (χ4v) is 3.59. The minimum atomic E-state index is -0.370. The number of rotatable bonds is 6. The number of amides is 2. The molecule has 0 spiro atoms. The molecule has 128 valence electrons. The number of carbonyl (C=O) groups is 2. The fraction of sp³-hybridized carbons (Fsp3) is 0.500. The number of likely N-dealkylation sites (tertiary alicyclic amines) is 1. The summed E-state index contributed by atoms with van der Waals surface area (Å²) in [5.41, 5.74) is 0. The van der Waals surface area contributed by atoms with Crippen molar-refractivity contribution in [2.75, 3.05) is 11.9 Å². The van der Waals surface area contributed by atoms with Gasteiger partial charge in [-0.25, -0.2) is 0 Å². The molecule has 2 amide bonds. The first-order chi connectivity index (χ1) is 11.5. The second kappa shape index (κ2) is 7.12. The van der Waals surface area contributed by atoms with Crippen LogP contribution in [0.2, 0.25) is 0 Å². The Hall–Kier alpha value is -2.22. The SMILES string of the molecule is CC(C)Cc1nnc(NC(=O)[C@H]2CC(=O)N(Cc3ccco3)C2)s1. The predicted octanol–water partition coefficient (Wildman–Crippen LogP) is 2.32. The van der Waals surface area contributed by atoms with Crippen molar-refractivity contribution in [2.24, 2.45) is 11.8 Å². The molecule has 24 heavy (non-hydrogen) atoms. The third-order valence-corrected chi connectivity index (χ3v) is 4.65. The lowest BCUT2D eigenvalue weighted by atomic mass is 10.1. The van der Waals surface area contributed by atoms with Gasteiger partial charge < -0.3 is 14.6 Å². The lowest BCUT2D eigenvalue weighted by Gasteiger charge is -2.14. The fourth-order valence-electron chi connectivity index (χ4n) is 2.63. The number of carbonyl (C=O) groups excluding carboxylic acids is 2. The topological polar surface area (TPSA) is 88.3 Å². The van der Waals surface area contributed by atoms with Crippen molar-refractivity contribution in [1.29, 1.82) is 0 Å². The standard InChI is InChI=1S/C16H20N4O3S/c1-10(2)6-13-18-19-16(24-13)17-15(22)11-7-14(21)20(8-11)9-12-4-3-5-23-12/h3-5,10-11H,6-9H2,1-2H3,(H,17,19,22)/t11-/m0/s1. The Balaban J connectivity index is 1.55. The Morgan fingerprint density at radius 1 is 1.50 bits per heavy atom. The van der Waals surface area contributed by atoms with E-state index in [4.69, 9.17) is 4.42 Å². The molecule has 1 fully saturated rings. The van der Waals surface area contributed by atoms with Gasteiger partial charge in [0, 0.05) is 19.4 Å². The summed E-state index contributed by atoms with van der Waals surface area (Å²) in [6.07, 6.45) is 2.63. The van der Waals surface area contributed by atoms with Crippen molar-refractivity contribution < 1.29 is 14.0 Å². The van der Waals surface area contributed by atoms with Crippen LogP contribution >= 0.6 is 11.3 Å². The van der Waals surface area contributed by atoms with Crippen molar-refractivity contribution in [3.8, 4) is 0 Å². The van der Waals surface area contributed by atoms with Gasteiger partial charge in [-0.1, -0.05) is 25.2 Å². The van der Waals surface area contributed by atoms with Gasteiger partial charge >= 0.3 is 0 Å². The van der Waals surface area contributed by atoms with Crippen LogP contribution in [0.15, 0.2) is 22.8 Å². The van der Waals surface area contributed by atoms with Crippen molar-refractivity contribution >= 4 is 28.3 Å². The van der Waals surface area contributed by atoms with Gasteiger partial charge in [-0.15, -0.1) is 10.2 Å². The summed E-state index contributed by atoms with van der Waals surface area (Å²) in [6.45, 7) is 5.00. The van der Waals surface area contributed by atoms with E-state index in [1.54, 1.807) is 17.2 Å². The normalized spacial score (nSPS) is 17.7. The Morgan fingerprint density at radius 3 is 3.04 bits per heavy atom. The number of hydrogen-bond donors (Lipinski definition) is 1. The van der Waals surface area contributed by atoms with Crippen LogP contribution in [-0.2, 0) is 22.6 Å². The third kappa shape index (κ3) is 4.00. The number of anilines is 1. The van der Waals surface area contributed by atoms with Gasteiger partial charge in [0.05, 0.1) is 18.7 Å². The van der Waals surface area contributed by atoms with Gasteiger partial charge in [0.2, 0.25) is 16.9 Å². The molecule has 0 unspecified atom stereocenters. The average Bonchev–Trinajstić information content (AvgIpc) is 3.23. The van der Waals surface area contributed by atoms with Crippen LogP contribution in [0.3, 0.4) is 0 Å². The Labute approximate surface area is 144 Å². The lowest BCUT2D eigenvalue weighted by Crippen LogP contribution is -2.27. The molecule has 2 aromatic rings. The van der Waals surface area contributed by atoms with Crippen molar-refractivity contribution in [2.45, 2.75) is 33.2 Å². The molecule has 8 heteroatoms. The lowest BCUT2D eigenvalue weighted by molar-refractivity contribution is -0.128. The van der Waals surface area contributed by atoms with Crippen LogP contribution in [0, 0.1) is 11.8 Å². The highest BCUT2D eigenvalue weighted by Gasteiger charge is 2.35. The highest BCUT2D eigenvalue weighted by atomic mass is 32.1. The van der Waals surface area contributed by atoms with Crippen molar-refractivity contribution in [1.82, 2.24) is 15.1 Å². The summed E-state index contributed by atoms with van der Waals surface area (Å²) >= 11 is 1.39. The van der Waals surface area contributed by atoms with E-state index in [2.05, 4.69) is 29.4 Å². The summed E-state index contributed by atoms with van der Waals surface area (Å²) in [4.78, 5) is 26.1. The maximum absolute atomic E-state index is 12.4. The molecule has 0 aromatic carbocycles. The highest BCUT2D eigenvalue weighted by molar-refractivity contribution is 7.15. The molecule has 0 radical (unpaired) electrons. The van der Waals surface area contributed by atoms with Gasteiger partial charge in [0.1, 0.15) is 10.8 Å². The smallest absolute Gasteiger partial charge is 0.231 e. The third-order valence-electron chi connectivity index (χ3n) is 3.79. The molecule has 0 aliphatic carbocycles. The predicted molar refractivity (Wildman–Crippen MR) is 89.3 cm³/mol. The first-order valence-electron chi connectivity index (χ1n) is 7.94. The first kappa shape index (κ1) is 16.6. The second-order valence-electron chi connectivity index (χ2n) is 6.34. The molecule has 1 aliphatic heterocycles. The molecule has 1 aliphatic rings. The summed E-state index contributed by atoms with van der Waals surface area (Å²) in [6, 6.07) is 3.60. The molecule has 1 N–H and O–H groups in total. The molecule has 0 bridgehead atoms. The number of nitrogens with zero attached hydrogens (tertiary/aromatic N) is 3. The Bertz CT molecular complexity index is 711. The minimum Gasteiger partial charge on any atom is -0.467 e. The van der Waals surface area contributed by atoms with E-state index in [1.807, 2.05) is 6.07 Å². The van der Waals surface area contributed by atoms with E-state index in [0.717, 1.165) is 11.4 Å². The van der Waals surface area contributed by atoms with Crippen LogP contribution in [0.25, 0.3) is 0 Å². The maximum atomic E-state index is 12.4. The molecule has 7 nitrogen and oxygen atoms in total. The molecular formula is C16H20N4O3S. The molecule has 1 atom stereocenters. The van der Waals surface area contributed by atoms with E-state index in [9.17, 15) is 9.59 Å².